The van der Waals surface area contributed by atoms with E-state index in [-0.39, 0.29) is 6.10 Å². The lowest BCUT2D eigenvalue weighted by Gasteiger charge is -2.37. The van der Waals surface area contributed by atoms with Crippen LogP contribution in [0.1, 0.15) is 18.9 Å². The van der Waals surface area contributed by atoms with Crippen LogP contribution in [0.4, 0.5) is 0 Å². The van der Waals surface area contributed by atoms with Gasteiger partial charge in [0.1, 0.15) is 17.5 Å². The van der Waals surface area contributed by atoms with Crippen LogP contribution >= 0.6 is 0 Å². The van der Waals surface area contributed by atoms with E-state index in [1.54, 1.807) is 0 Å². The molecular weight excluding hydrogens is 202 g/mol. The molecule has 1 aromatic rings. The molecule has 1 aromatic carbocycles. The van der Waals surface area contributed by atoms with Crippen LogP contribution < -0.4 is 10.1 Å². The summed E-state index contributed by atoms with van der Waals surface area (Å²) in [7, 11) is 0. The number of benzene rings is 1. The number of rotatable bonds is 2. The van der Waals surface area contributed by atoms with Gasteiger partial charge in [-0.3, -0.25) is 0 Å². The molecule has 0 bridgehead atoms. The average molecular weight is 221 g/mol. The second-order valence-electron chi connectivity index (χ2n) is 4.75. The third-order valence-electron chi connectivity index (χ3n) is 3.03. The summed E-state index contributed by atoms with van der Waals surface area (Å²) in [5.41, 5.74) is 0.383. The van der Waals surface area contributed by atoms with Crippen molar-refractivity contribution in [1.29, 1.82) is 0 Å². The third kappa shape index (κ3) is 2.54. The lowest BCUT2D eigenvalue weighted by Crippen LogP contribution is -2.55. The molecule has 0 aromatic heterocycles. The number of ether oxygens (including phenoxy) is 1. The molecule has 3 nitrogen and oxygen atoms in total. The quantitative estimate of drug-likeness (QED) is 0.795. The minimum atomic E-state index is -0.790. The van der Waals surface area contributed by atoms with E-state index in [1.807, 2.05) is 38.1 Å². The Kier molecular flexibility index (Phi) is 3.17. The Bertz CT molecular complexity index is 363. The molecule has 1 heterocycles. The van der Waals surface area contributed by atoms with Crippen molar-refractivity contribution in [2.45, 2.75) is 32.0 Å². The molecule has 0 amide bonds. The molecule has 0 aliphatic carbocycles. The molecule has 1 fully saturated rings. The maximum absolute atomic E-state index is 10.2. The van der Waals surface area contributed by atoms with Crippen molar-refractivity contribution in [3.63, 3.8) is 0 Å². The Morgan fingerprint density at radius 2 is 2.31 bits per heavy atom. The summed E-state index contributed by atoms with van der Waals surface area (Å²) in [5.74, 6) is 0.840. The van der Waals surface area contributed by atoms with Crippen molar-refractivity contribution in [2.24, 2.45) is 0 Å². The highest BCUT2D eigenvalue weighted by molar-refractivity contribution is 5.28. The third-order valence-corrected chi connectivity index (χ3v) is 3.03. The highest BCUT2D eigenvalue weighted by Crippen LogP contribution is 2.23. The summed E-state index contributed by atoms with van der Waals surface area (Å²) < 4.78 is 5.86. The first kappa shape index (κ1) is 11.4. The number of hydrogen-bond donors (Lipinski definition) is 2. The first-order chi connectivity index (χ1) is 7.58. The van der Waals surface area contributed by atoms with Crippen molar-refractivity contribution in [3.05, 3.63) is 29.8 Å². The summed E-state index contributed by atoms with van der Waals surface area (Å²) in [5, 5.41) is 13.3. The Morgan fingerprint density at radius 3 is 3.00 bits per heavy atom. The van der Waals surface area contributed by atoms with Crippen LogP contribution in [-0.2, 0) is 0 Å². The second kappa shape index (κ2) is 4.44. The minimum Gasteiger partial charge on any atom is -0.487 e. The van der Waals surface area contributed by atoms with Gasteiger partial charge >= 0.3 is 0 Å². The van der Waals surface area contributed by atoms with Crippen LogP contribution in [0, 0.1) is 6.92 Å². The normalized spacial score (nSPS) is 30.1. The van der Waals surface area contributed by atoms with Crippen LogP contribution in [-0.4, -0.2) is 29.9 Å². The molecule has 1 aliphatic rings. The number of hydrogen-bond acceptors (Lipinski definition) is 3. The van der Waals surface area contributed by atoms with Gasteiger partial charge in [0.25, 0.3) is 0 Å². The van der Waals surface area contributed by atoms with E-state index in [9.17, 15) is 5.11 Å². The van der Waals surface area contributed by atoms with Crippen molar-refractivity contribution in [3.8, 4) is 5.75 Å². The summed E-state index contributed by atoms with van der Waals surface area (Å²) >= 11 is 0. The molecule has 1 saturated heterocycles. The second-order valence-corrected chi connectivity index (χ2v) is 4.75. The van der Waals surface area contributed by atoms with Gasteiger partial charge in [0.05, 0.1) is 0 Å². The Hall–Kier alpha value is -1.06. The van der Waals surface area contributed by atoms with Crippen molar-refractivity contribution in [2.75, 3.05) is 13.1 Å². The summed E-state index contributed by atoms with van der Waals surface area (Å²) in [6.45, 7) is 5.34. The van der Waals surface area contributed by atoms with Gasteiger partial charge in [0.15, 0.2) is 0 Å². The predicted octanol–water partition coefficient (Wildman–Crippen LogP) is 1.49. The molecule has 0 unspecified atom stereocenters. The molecular formula is C13H19NO2. The fourth-order valence-corrected chi connectivity index (χ4v) is 2.04. The molecule has 0 saturated carbocycles. The molecule has 16 heavy (non-hydrogen) atoms. The number of piperidine rings is 1. The Balaban J connectivity index is 2.08. The molecule has 0 radical (unpaired) electrons. The fourth-order valence-electron chi connectivity index (χ4n) is 2.04. The van der Waals surface area contributed by atoms with Crippen LogP contribution in [0.25, 0.3) is 0 Å². The lowest BCUT2D eigenvalue weighted by atomic mass is 9.93. The predicted molar refractivity (Wildman–Crippen MR) is 63.7 cm³/mol. The summed E-state index contributed by atoms with van der Waals surface area (Å²) in [6.07, 6.45) is 0.705. The van der Waals surface area contributed by atoms with Gasteiger partial charge in [-0.15, -0.1) is 0 Å². The monoisotopic (exact) mass is 221 g/mol. The van der Waals surface area contributed by atoms with E-state index in [0.717, 1.165) is 18.7 Å². The number of aryl methyl sites for hydroxylation is 1. The first-order valence-electron chi connectivity index (χ1n) is 5.74. The van der Waals surface area contributed by atoms with Crippen LogP contribution in [0.3, 0.4) is 0 Å². The smallest absolute Gasteiger partial charge is 0.129 e. The van der Waals surface area contributed by atoms with Gasteiger partial charge in [-0.2, -0.15) is 0 Å². The van der Waals surface area contributed by atoms with E-state index in [4.69, 9.17) is 4.74 Å². The van der Waals surface area contributed by atoms with E-state index in [0.29, 0.717) is 6.54 Å². The van der Waals surface area contributed by atoms with Crippen molar-refractivity contribution >= 4 is 0 Å². The number of nitrogens with one attached hydrogen (secondary N) is 1. The molecule has 2 rings (SSSR count). The first-order valence-corrected chi connectivity index (χ1v) is 5.74. The lowest BCUT2D eigenvalue weighted by molar-refractivity contribution is -0.0634. The van der Waals surface area contributed by atoms with Gasteiger partial charge in [-0.25, -0.2) is 0 Å². The topological polar surface area (TPSA) is 41.5 Å². The van der Waals surface area contributed by atoms with Crippen molar-refractivity contribution in [1.82, 2.24) is 5.32 Å². The van der Waals surface area contributed by atoms with E-state index in [1.165, 1.54) is 5.56 Å². The molecule has 88 valence electrons. The highest BCUT2D eigenvalue weighted by atomic mass is 16.5. The summed E-state index contributed by atoms with van der Waals surface area (Å²) in [6, 6.07) is 7.94. The van der Waals surface area contributed by atoms with Crippen LogP contribution in [0.5, 0.6) is 5.75 Å². The highest BCUT2D eigenvalue weighted by Gasteiger charge is 2.36. The Morgan fingerprint density at radius 1 is 1.50 bits per heavy atom. The largest absolute Gasteiger partial charge is 0.487 e. The van der Waals surface area contributed by atoms with Gasteiger partial charge in [0, 0.05) is 6.54 Å². The van der Waals surface area contributed by atoms with Gasteiger partial charge in [-0.1, -0.05) is 12.1 Å². The number of aliphatic hydroxyl groups is 1. The zero-order valence-electron chi connectivity index (χ0n) is 9.86. The van der Waals surface area contributed by atoms with Crippen LogP contribution in [0.15, 0.2) is 24.3 Å². The van der Waals surface area contributed by atoms with E-state index >= 15 is 0 Å². The molecule has 2 atom stereocenters. The SMILES string of the molecule is Cc1cccc(O[C@H]2CCNC[C@]2(C)O)c1. The fraction of sp³-hybridized carbons (Fsp3) is 0.538. The van der Waals surface area contributed by atoms with Gasteiger partial charge in [0.2, 0.25) is 0 Å². The van der Waals surface area contributed by atoms with E-state index < -0.39 is 5.60 Å². The average Bonchev–Trinajstić information content (AvgIpc) is 2.21. The summed E-state index contributed by atoms with van der Waals surface area (Å²) in [4.78, 5) is 0. The van der Waals surface area contributed by atoms with Gasteiger partial charge in [-0.05, 0) is 44.5 Å². The van der Waals surface area contributed by atoms with Crippen LogP contribution in [0.2, 0.25) is 0 Å². The minimum absolute atomic E-state index is 0.129. The maximum Gasteiger partial charge on any atom is 0.129 e. The standard InChI is InChI=1S/C13H19NO2/c1-10-4-3-5-11(8-10)16-12-6-7-14-9-13(12,2)15/h3-5,8,12,14-15H,6-7,9H2,1-2H3/t12-,13-/m0/s1. The zero-order valence-corrected chi connectivity index (χ0v) is 9.86. The molecule has 2 N–H and O–H groups in total. The maximum atomic E-state index is 10.2. The molecule has 0 spiro atoms. The number of β-amino-alcohol motifs (C(OH)–C–C–N with tert-alkyl or cyclic N) is 1. The molecule has 1 aliphatic heterocycles. The molecule has 3 heteroatoms. The van der Waals surface area contributed by atoms with Gasteiger partial charge < -0.3 is 15.2 Å². The zero-order chi connectivity index (χ0) is 11.6. The van der Waals surface area contributed by atoms with E-state index in [2.05, 4.69) is 5.32 Å². The Labute approximate surface area is 96.4 Å². The van der Waals surface area contributed by atoms with Crippen molar-refractivity contribution < 1.29 is 9.84 Å².